The molecule has 2 amide bonds. The number of carbonyl (C=O) groups excluding carboxylic acids is 2. The fraction of sp³-hybridized carbons (Fsp3) is 0.474. The van der Waals surface area contributed by atoms with E-state index in [1.165, 1.54) is 58.8 Å². The Hall–Kier alpha value is -2.18. The number of benzene rings is 1. The number of anilines is 1. The Labute approximate surface area is 192 Å². The molecule has 0 saturated heterocycles. The molecule has 2 heterocycles. The van der Waals surface area contributed by atoms with Crippen molar-refractivity contribution >= 4 is 62.6 Å². The lowest BCUT2D eigenvalue weighted by Gasteiger charge is -2.22. The second-order valence-electron chi connectivity index (χ2n) is 7.28. The van der Waals surface area contributed by atoms with E-state index in [1.54, 1.807) is 7.05 Å². The molecule has 9 nitrogen and oxygen atoms in total. The van der Waals surface area contributed by atoms with E-state index < -0.39 is 0 Å². The van der Waals surface area contributed by atoms with Gasteiger partial charge in [-0.2, -0.15) is 0 Å². The summed E-state index contributed by atoms with van der Waals surface area (Å²) in [7, 11) is 1.73. The molecule has 0 spiro atoms. The number of thiazole rings is 1. The molecule has 4 rings (SSSR count). The molecule has 0 atom stereocenters. The van der Waals surface area contributed by atoms with Gasteiger partial charge in [0.2, 0.25) is 17.0 Å². The van der Waals surface area contributed by atoms with E-state index in [2.05, 4.69) is 31.1 Å². The van der Waals surface area contributed by atoms with Crippen molar-refractivity contribution in [2.75, 3.05) is 16.8 Å². The molecule has 1 fully saturated rings. The number of amides is 2. The highest BCUT2D eigenvalue weighted by Gasteiger charge is 2.16. The van der Waals surface area contributed by atoms with Crippen molar-refractivity contribution in [1.82, 2.24) is 30.5 Å². The molecule has 1 aliphatic carbocycles. The van der Waals surface area contributed by atoms with Gasteiger partial charge in [0.1, 0.15) is 0 Å². The first-order chi connectivity index (χ1) is 15.1. The van der Waals surface area contributed by atoms with E-state index >= 15 is 0 Å². The molecule has 164 valence electrons. The molecule has 1 aromatic carbocycles. The summed E-state index contributed by atoms with van der Waals surface area (Å²) < 4.78 is 3.34. The molecule has 0 radical (unpaired) electrons. The smallest absolute Gasteiger partial charge is 0.234 e. The zero-order valence-electron chi connectivity index (χ0n) is 17.0. The van der Waals surface area contributed by atoms with Gasteiger partial charge < -0.3 is 10.6 Å². The Balaban J connectivity index is 1.28. The fourth-order valence-electron chi connectivity index (χ4n) is 3.36. The van der Waals surface area contributed by atoms with Crippen molar-refractivity contribution in [3.63, 3.8) is 0 Å². The quantitative estimate of drug-likeness (QED) is 0.476. The number of aryl methyl sites for hydroxylation is 1. The lowest BCUT2D eigenvalue weighted by atomic mass is 9.95. The Morgan fingerprint density at radius 3 is 2.74 bits per heavy atom. The van der Waals surface area contributed by atoms with Crippen LogP contribution in [0.4, 0.5) is 5.69 Å². The number of thioether (sulfide) groups is 2. The van der Waals surface area contributed by atoms with Crippen molar-refractivity contribution in [3.8, 4) is 0 Å². The number of carbonyl (C=O) groups is 2. The highest BCUT2D eigenvalue weighted by molar-refractivity contribution is 8.01. The third kappa shape index (κ3) is 6.17. The van der Waals surface area contributed by atoms with Crippen molar-refractivity contribution in [2.24, 2.45) is 7.05 Å². The highest BCUT2D eigenvalue weighted by Crippen LogP contribution is 2.31. The number of nitrogens with one attached hydrogen (secondary N) is 2. The maximum absolute atomic E-state index is 12.2. The standard InChI is InChI=1S/C19H23N7O2S3/c1-26-18(23-24-25-26)29-10-16(27)21-13-7-8-14-15(9-13)31-19(22-14)30-11-17(28)20-12-5-3-2-4-6-12/h7-9,12H,2-6,10-11H2,1H3,(H,20,28)(H,21,27). The van der Waals surface area contributed by atoms with Crippen LogP contribution in [0, 0.1) is 0 Å². The Bertz CT molecular complexity index is 1060. The number of fused-ring (bicyclic) bond motifs is 1. The van der Waals surface area contributed by atoms with Gasteiger partial charge in [0.05, 0.1) is 21.7 Å². The van der Waals surface area contributed by atoms with Gasteiger partial charge in [-0.3, -0.25) is 9.59 Å². The molecule has 1 saturated carbocycles. The third-order valence-corrected chi connectivity index (χ3v) is 8.03. The number of aromatic nitrogens is 5. The maximum atomic E-state index is 12.2. The molecular weight excluding hydrogens is 454 g/mol. The average Bonchev–Trinajstić information content (AvgIpc) is 3.36. The van der Waals surface area contributed by atoms with Crippen molar-refractivity contribution in [1.29, 1.82) is 0 Å². The fourth-order valence-corrected chi connectivity index (χ4v) is 5.93. The molecule has 2 N–H and O–H groups in total. The van der Waals surface area contributed by atoms with Crippen LogP contribution in [0.15, 0.2) is 27.7 Å². The van der Waals surface area contributed by atoms with Crippen molar-refractivity contribution in [2.45, 2.75) is 47.6 Å². The second-order valence-corrected chi connectivity index (χ2v) is 10.5. The first-order valence-electron chi connectivity index (χ1n) is 10.0. The van der Waals surface area contributed by atoms with Gasteiger partial charge in [-0.25, -0.2) is 9.67 Å². The van der Waals surface area contributed by atoms with Crippen LogP contribution in [-0.2, 0) is 16.6 Å². The summed E-state index contributed by atoms with van der Waals surface area (Å²) in [5.41, 5.74) is 1.57. The maximum Gasteiger partial charge on any atom is 0.234 e. The van der Waals surface area contributed by atoms with Gasteiger partial charge in [-0.05, 0) is 41.5 Å². The van der Waals surface area contributed by atoms with E-state index in [0.717, 1.165) is 27.4 Å². The number of tetrazole rings is 1. The Morgan fingerprint density at radius 1 is 1.16 bits per heavy atom. The summed E-state index contributed by atoms with van der Waals surface area (Å²) in [5.74, 6) is 0.519. The lowest BCUT2D eigenvalue weighted by molar-refractivity contribution is -0.119. The van der Waals surface area contributed by atoms with Crippen LogP contribution in [0.1, 0.15) is 32.1 Å². The number of rotatable bonds is 8. The lowest BCUT2D eigenvalue weighted by Crippen LogP contribution is -2.37. The summed E-state index contributed by atoms with van der Waals surface area (Å²) >= 11 is 4.25. The molecule has 1 aliphatic rings. The van der Waals surface area contributed by atoms with Gasteiger partial charge >= 0.3 is 0 Å². The van der Waals surface area contributed by atoms with Crippen LogP contribution in [0.25, 0.3) is 10.2 Å². The summed E-state index contributed by atoms with van der Waals surface area (Å²) in [6.07, 6.45) is 5.84. The van der Waals surface area contributed by atoms with Crippen LogP contribution in [0.2, 0.25) is 0 Å². The monoisotopic (exact) mass is 477 g/mol. The molecule has 0 unspecified atom stereocenters. The normalized spacial score (nSPS) is 14.6. The zero-order valence-corrected chi connectivity index (χ0v) is 19.5. The Kier molecular flexibility index (Phi) is 7.41. The van der Waals surface area contributed by atoms with Gasteiger partial charge in [0.25, 0.3) is 0 Å². The molecular formula is C19H23N7O2S3. The number of hydrogen-bond acceptors (Lipinski definition) is 9. The molecule has 0 bridgehead atoms. The summed E-state index contributed by atoms with van der Waals surface area (Å²) in [4.78, 5) is 29.0. The number of hydrogen-bond donors (Lipinski definition) is 2. The summed E-state index contributed by atoms with van der Waals surface area (Å²) in [6, 6.07) is 5.95. The SMILES string of the molecule is Cn1nnnc1SCC(=O)Nc1ccc2nc(SCC(=O)NC3CCCCC3)sc2c1. The predicted molar refractivity (Wildman–Crippen MR) is 124 cm³/mol. The van der Waals surface area contributed by atoms with Crippen LogP contribution in [0.5, 0.6) is 0 Å². The van der Waals surface area contributed by atoms with Crippen LogP contribution >= 0.6 is 34.9 Å². The topological polar surface area (TPSA) is 115 Å². The van der Waals surface area contributed by atoms with Crippen LogP contribution in [0.3, 0.4) is 0 Å². The van der Waals surface area contributed by atoms with Crippen LogP contribution < -0.4 is 10.6 Å². The zero-order chi connectivity index (χ0) is 21.6. The molecule has 3 aromatic rings. The highest BCUT2D eigenvalue weighted by atomic mass is 32.2. The van der Waals surface area contributed by atoms with E-state index in [1.807, 2.05) is 18.2 Å². The van der Waals surface area contributed by atoms with Gasteiger partial charge in [-0.15, -0.1) is 16.4 Å². The van der Waals surface area contributed by atoms with Crippen molar-refractivity contribution in [3.05, 3.63) is 18.2 Å². The predicted octanol–water partition coefficient (Wildman–Crippen LogP) is 3.09. The molecule has 0 aliphatic heterocycles. The first-order valence-corrected chi connectivity index (χ1v) is 12.8. The van der Waals surface area contributed by atoms with Crippen molar-refractivity contribution < 1.29 is 9.59 Å². The Morgan fingerprint density at radius 2 is 1.97 bits per heavy atom. The molecule has 31 heavy (non-hydrogen) atoms. The van der Waals surface area contributed by atoms with E-state index in [4.69, 9.17) is 0 Å². The average molecular weight is 478 g/mol. The van der Waals surface area contributed by atoms with E-state index in [9.17, 15) is 9.59 Å². The summed E-state index contributed by atoms with van der Waals surface area (Å²) in [5, 5.41) is 17.8. The summed E-state index contributed by atoms with van der Waals surface area (Å²) in [6.45, 7) is 0. The van der Waals surface area contributed by atoms with Crippen LogP contribution in [-0.4, -0.2) is 54.6 Å². The largest absolute Gasteiger partial charge is 0.353 e. The molecule has 12 heteroatoms. The molecule has 2 aromatic heterocycles. The minimum Gasteiger partial charge on any atom is -0.353 e. The van der Waals surface area contributed by atoms with Gasteiger partial charge in [0, 0.05) is 18.8 Å². The third-order valence-electron chi connectivity index (χ3n) is 4.86. The first kappa shape index (κ1) is 22.0. The minimum absolute atomic E-state index is 0.0692. The van der Waals surface area contributed by atoms with Gasteiger partial charge in [-0.1, -0.05) is 42.8 Å². The minimum atomic E-state index is -0.133. The second kappa shape index (κ2) is 10.4. The van der Waals surface area contributed by atoms with E-state index in [0.29, 0.717) is 22.6 Å². The van der Waals surface area contributed by atoms with Gasteiger partial charge in [0.15, 0.2) is 4.34 Å². The number of nitrogens with zero attached hydrogens (tertiary/aromatic N) is 5. The van der Waals surface area contributed by atoms with E-state index in [-0.39, 0.29) is 17.6 Å².